The van der Waals surface area contributed by atoms with E-state index in [1.807, 2.05) is 45.9 Å². The smallest absolute Gasteiger partial charge is 0.409 e. The van der Waals surface area contributed by atoms with E-state index in [0.29, 0.717) is 38.3 Å². The highest BCUT2D eigenvalue weighted by atomic mass is 127. The van der Waals surface area contributed by atoms with Crippen LogP contribution in [0.15, 0.2) is 60.7 Å². The fourth-order valence-corrected chi connectivity index (χ4v) is 5.83. The number of carbonyl (C=O) groups is 2. The lowest BCUT2D eigenvalue weighted by Crippen LogP contribution is -2.49. The van der Waals surface area contributed by atoms with Crippen molar-refractivity contribution in [2.75, 3.05) is 37.7 Å². The molecule has 198 valence electrons. The van der Waals surface area contributed by atoms with Gasteiger partial charge in [-0.1, -0.05) is 48.5 Å². The molecule has 5 rings (SSSR count). The molecule has 2 aliphatic rings. The largest absolute Gasteiger partial charge is 0.456 e. The average molecular weight is 625 g/mol. The van der Waals surface area contributed by atoms with Crippen LogP contribution in [0, 0.1) is 10.5 Å². The zero-order valence-electron chi connectivity index (χ0n) is 22.3. The standard InChI is InChI=1S/C31H33IN2O4/c1-20-26(29(35)38-31(2,3)4)17-21(18-28(20)32)33-13-15-34(16-14-33)30(36)37-19-27-24-11-7-5-9-22(24)23-10-6-8-12-25(23)27/h5-12,17-18,27H,13-16,19H2,1-4H3. The number of benzene rings is 3. The van der Waals surface area contributed by atoms with E-state index in [0.717, 1.165) is 14.8 Å². The predicted molar refractivity (Wildman–Crippen MR) is 158 cm³/mol. The molecule has 3 aromatic carbocycles. The minimum atomic E-state index is -0.556. The summed E-state index contributed by atoms with van der Waals surface area (Å²) in [4.78, 5) is 29.8. The first kappa shape index (κ1) is 26.5. The van der Waals surface area contributed by atoms with Crippen LogP contribution in [-0.2, 0) is 9.47 Å². The van der Waals surface area contributed by atoms with Crippen LogP contribution in [0.4, 0.5) is 10.5 Å². The van der Waals surface area contributed by atoms with Gasteiger partial charge in [0.25, 0.3) is 0 Å². The van der Waals surface area contributed by atoms with Crippen molar-refractivity contribution in [3.05, 3.63) is 86.5 Å². The van der Waals surface area contributed by atoms with Gasteiger partial charge in [-0.05, 0) is 90.2 Å². The van der Waals surface area contributed by atoms with Gasteiger partial charge in [-0.3, -0.25) is 0 Å². The van der Waals surface area contributed by atoms with Crippen molar-refractivity contribution in [1.82, 2.24) is 4.90 Å². The van der Waals surface area contributed by atoms with Crippen LogP contribution in [0.25, 0.3) is 11.1 Å². The van der Waals surface area contributed by atoms with Gasteiger partial charge >= 0.3 is 12.1 Å². The summed E-state index contributed by atoms with van der Waals surface area (Å²) in [6, 6.07) is 20.7. The van der Waals surface area contributed by atoms with E-state index >= 15 is 0 Å². The number of piperazine rings is 1. The Morgan fingerprint density at radius 1 is 0.921 bits per heavy atom. The number of hydrogen-bond donors (Lipinski definition) is 0. The normalized spacial score (nSPS) is 15.2. The summed E-state index contributed by atoms with van der Waals surface area (Å²) in [6.07, 6.45) is -0.278. The van der Waals surface area contributed by atoms with E-state index < -0.39 is 5.60 Å². The molecule has 3 aromatic rings. The van der Waals surface area contributed by atoms with Gasteiger partial charge in [-0.2, -0.15) is 0 Å². The van der Waals surface area contributed by atoms with Gasteiger partial charge in [0.15, 0.2) is 0 Å². The second-order valence-electron chi connectivity index (χ2n) is 10.9. The number of ether oxygens (including phenoxy) is 2. The maximum atomic E-state index is 13.0. The highest BCUT2D eigenvalue weighted by Gasteiger charge is 2.31. The van der Waals surface area contributed by atoms with Crippen molar-refractivity contribution < 1.29 is 19.1 Å². The maximum absolute atomic E-state index is 13.0. The SMILES string of the molecule is Cc1c(I)cc(N2CCN(C(=O)OCC3c4ccccc4-c4ccccc43)CC2)cc1C(=O)OC(C)(C)C. The Morgan fingerprint density at radius 2 is 1.50 bits per heavy atom. The van der Waals surface area contributed by atoms with Crippen molar-refractivity contribution >= 4 is 40.3 Å². The second-order valence-corrected chi connectivity index (χ2v) is 12.0. The van der Waals surface area contributed by atoms with Crippen LogP contribution in [-0.4, -0.2) is 55.3 Å². The Labute approximate surface area is 238 Å². The summed E-state index contributed by atoms with van der Waals surface area (Å²) < 4.78 is 12.5. The van der Waals surface area contributed by atoms with Crippen LogP contribution in [0.5, 0.6) is 0 Å². The Balaban J connectivity index is 1.22. The van der Waals surface area contributed by atoms with Crippen molar-refractivity contribution in [3.8, 4) is 11.1 Å². The van der Waals surface area contributed by atoms with Crippen LogP contribution < -0.4 is 4.90 Å². The molecule has 6 nitrogen and oxygen atoms in total. The Hall–Kier alpha value is -3.07. The molecule has 1 aliphatic heterocycles. The summed E-state index contributed by atoms with van der Waals surface area (Å²) in [7, 11) is 0. The summed E-state index contributed by atoms with van der Waals surface area (Å²) >= 11 is 2.27. The van der Waals surface area contributed by atoms with Crippen LogP contribution in [0.1, 0.15) is 53.7 Å². The molecule has 7 heteroatoms. The fraction of sp³-hybridized carbons (Fsp3) is 0.355. The quantitative estimate of drug-likeness (QED) is 0.241. The summed E-state index contributed by atoms with van der Waals surface area (Å²) in [5.41, 5.74) is 6.77. The van der Waals surface area contributed by atoms with Crippen molar-refractivity contribution in [3.63, 3.8) is 0 Å². The molecule has 0 radical (unpaired) electrons. The zero-order valence-corrected chi connectivity index (χ0v) is 24.4. The molecule has 0 aromatic heterocycles. The number of fused-ring (bicyclic) bond motifs is 3. The number of carbonyl (C=O) groups excluding carboxylic acids is 2. The fourth-order valence-electron chi connectivity index (χ4n) is 5.22. The minimum absolute atomic E-state index is 0.0496. The molecule has 1 aliphatic carbocycles. The monoisotopic (exact) mass is 624 g/mol. The number of nitrogens with zero attached hydrogens (tertiary/aromatic N) is 2. The van der Waals surface area contributed by atoms with Crippen molar-refractivity contribution in [1.29, 1.82) is 0 Å². The van der Waals surface area contributed by atoms with Crippen LogP contribution in [0.3, 0.4) is 0 Å². The van der Waals surface area contributed by atoms with E-state index in [-0.39, 0.29) is 18.0 Å². The van der Waals surface area contributed by atoms with Crippen molar-refractivity contribution in [2.45, 2.75) is 39.2 Å². The van der Waals surface area contributed by atoms with Gasteiger partial charge < -0.3 is 19.3 Å². The summed E-state index contributed by atoms with van der Waals surface area (Å²) in [5.74, 6) is -0.263. The van der Waals surface area contributed by atoms with Crippen molar-refractivity contribution in [2.24, 2.45) is 0 Å². The highest BCUT2D eigenvalue weighted by Crippen LogP contribution is 2.44. The molecule has 0 saturated carbocycles. The highest BCUT2D eigenvalue weighted by molar-refractivity contribution is 14.1. The summed E-state index contributed by atoms with van der Waals surface area (Å²) in [6.45, 7) is 10.3. The third-order valence-corrected chi connectivity index (χ3v) is 8.31. The number of esters is 1. The number of amides is 1. The van der Waals surface area contributed by atoms with E-state index in [2.05, 4.69) is 70.0 Å². The molecule has 1 fully saturated rings. The van der Waals surface area contributed by atoms with Gasteiger partial charge in [0.05, 0.1) is 5.56 Å². The number of hydrogen-bond acceptors (Lipinski definition) is 5. The maximum Gasteiger partial charge on any atom is 0.409 e. The van der Waals surface area contributed by atoms with Gasteiger partial charge in [0.2, 0.25) is 0 Å². The molecule has 0 N–H and O–H groups in total. The van der Waals surface area contributed by atoms with E-state index in [4.69, 9.17) is 9.47 Å². The molecule has 1 saturated heterocycles. The second kappa shape index (κ2) is 10.6. The molecular formula is C31H33IN2O4. The first-order valence-electron chi connectivity index (χ1n) is 13.0. The topological polar surface area (TPSA) is 59.1 Å². The Bertz CT molecular complexity index is 1330. The van der Waals surface area contributed by atoms with Crippen LogP contribution in [0.2, 0.25) is 0 Å². The van der Waals surface area contributed by atoms with Crippen LogP contribution >= 0.6 is 22.6 Å². The molecule has 0 atom stereocenters. The first-order valence-corrected chi connectivity index (χ1v) is 14.1. The lowest BCUT2D eigenvalue weighted by atomic mass is 9.98. The lowest BCUT2D eigenvalue weighted by Gasteiger charge is -2.36. The molecule has 1 amide bonds. The third kappa shape index (κ3) is 5.39. The number of rotatable bonds is 4. The molecule has 1 heterocycles. The van der Waals surface area contributed by atoms with E-state index in [1.54, 1.807) is 4.90 Å². The number of anilines is 1. The van der Waals surface area contributed by atoms with E-state index in [9.17, 15) is 9.59 Å². The van der Waals surface area contributed by atoms with Gasteiger partial charge in [-0.25, -0.2) is 9.59 Å². The van der Waals surface area contributed by atoms with Gasteiger partial charge in [0.1, 0.15) is 12.2 Å². The summed E-state index contributed by atoms with van der Waals surface area (Å²) in [5, 5.41) is 0. The van der Waals surface area contributed by atoms with E-state index in [1.165, 1.54) is 22.3 Å². The molecule has 0 bridgehead atoms. The molecule has 38 heavy (non-hydrogen) atoms. The average Bonchev–Trinajstić information content (AvgIpc) is 3.21. The minimum Gasteiger partial charge on any atom is -0.456 e. The third-order valence-electron chi connectivity index (χ3n) is 7.19. The first-order chi connectivity index (χ1) is 18.1. The molecule has 0 unspecified atom stereocenters. The number of halogens is 1. The Kier molecular flexibility index (Phi) is 7.40. The predicted octanol–water partition coefficient (Wildman–Crippen LogP) is 6.63. The Morgan fingerprint density at radius 3 is 2.08 bits per heavy atom. The van der Waals surface area contributed by atoms with Gasteiger partial charge in [0, 0.05) is 41.4 Å². The molecule has 0 spiro atoms. The lowest BCUT2D eigenvalue weighted by molar-refractivity contribution is 0.00686. The zero-order chi connectivity index (χ0) is 27.0. The molecular weight excluding hydrogens is 591 g/mol. The van der Waals surface area contributed by atoms with Gasteiger partial charge in [-0.15, -0.1) is 0 Å².